The van der Waals surface area contributed by atoms with Gasteiger partial charge in [-0.2, -0.15) is 0 Å². The van der Waals surface area contributed by atoms with Crippen molar-refractivity contribution in [1.82, 2.24) is 0 Å². The van der Waals surface area contributed by atoms with Crippen LogP contribution in [0.4, 0.5) is 5.69 Å². The van der Waals surface area contributed by atoms with Gasteiger partial charge in [0.05, 0.1) is 5.60 Å². The number of hydrogen-bond donors (Lipinski definition) is 2. The molecule has 0 unspecified atom stereocenters. The molecular weight excluding hydrogens is 268 g/mol. The molecule has 0 aromatic heterocycles. The molecule has 1 aliphatic rings. The van der Waals surface area contributed by atoms with E-state index in [-0.39, 0.29) is 0 Å². The van der Waals surface area contributed by atoms with Crippen LogP contribution < -0.4 is 10.6 Å². The lowest BCUT2D eigenvalue weighted by Crippen LogP contribution is -2.48. The monoisotopic (exact) mass is 284 g/mol. The van der Waals surface area contributed by atoms with Crippen LogP contribution in [0.5, 0.6) is 0 Å². The third-order valence-corrected chi connectivity index (χ3v) is 3.79. The van der Waals surface area contributed by atoms with Crippen molar-refractivity contribution in [3.63, 3.8) is 0 Å². The first-order chi connectivity index (χ1) is 7.63. The molecule has 1 aromatic rings. The topological polar surface area (TPSA) is 49.5 Å². The van der Waals surface area contributed by atoms with Crippen molar-refractivity contribution < 1.29 is 5.11 Å². The third kappa shape index (κ3) is 2.56. The summed E-state index contributed by atoms with van der Waals surface area (Å²) in [5, 5.41) is 10.0. The number of aliphatic hydroxyl groups is 1. The second-order valence-corrected chi connectivity index (χ2v) is 5.31. The van der Waals surface area contributed by atoms with Gasteiger partial charge in [-0.1, -0.05) is 15.9 Å². The molecule has 2 rings (SSSR count). The minimum absolute atomic E-state index is 0.362. The van der Waals surface area contributed by atoms with Crippen molar-refractivity contribution in [3.8, 4) is 0 Å². The van der Waals surface area contributed by atoms with E-state index in [2.05, 4.69) is 33.0 Å². The summed E-state index contributed by atoms with van der Waals surface area (Å²) in [4.78, 5) is 2.29. The molecule has 0 radical (unpaired) electrons. The van der Waals surface area contributed by atoms with Gasteiger partial charge < -0.3 is 15.7 Å². The van der Waals surface area contributed by atoms with E-state index in [0.717, 1.165) is 30.4 Å². The van der Waals surface area contributed by atoms with Crippen LogP contribution in [0.3, 0.4) is 0 Å². The third-order valence-electron chi connectivity index (χ3n) is 3.27. The van der Waals surface area contributed by atoms with Crippen molar-refractivity contribution >= 4 is 21.6 Å². The summed E-state index contributed by atoms with van der Waals surface area (Å²) in [5.41, 5.74) is 6.13. The highest BCUT2D eigenvalue weighted by Gasteiger charge is 2.30. The fourth-order valence-electron chi connectivity index (χ4n) is 2.04. The van der Waals surface area contributed by atoms with Crippen LogP contribution in [0.2, 0.25) is 0 Å². The van der Waals surface area contributed by atoms with E-state index in [0.29, 0.717) is 6.54 Å². The van der Waals surface area contributed by atoms with Crippen molar-refractivity contribution in [2.75, 3.05) is 24.5 Å². The molecule has 88 valence electrons. The standard InChI is InChI=1S/C12H17BrN2O/c13-10-1-3-11(4-2-10)15-7-5-12(16,9-14)6-8-15/h1-4,16H,5-9,14H2. The molecule has 1 saturated heterocycles. The molecule has 0 aliphatic carbocycles. The number of nitrogens with zero attached hydrogens (tertiary/aromatic N) is 1. The lowest BCUT2D eigenvalue weighted by Gasteiger charge is -2.38. The first-order valence-electron chi connectivity index (χ1n) is 5.56. The average Bonchev–Trinajstić information content (AvgIpc) is 2.32. The van der Waals surface area contributed by atoms with Gasteiger partial charge in [0.2, 0.25) is 0 Å². The molecule has 0 saturated carbocycles. The van der Waals surface area contributed by atoms with Crippen LogP contribution in [0.1, 0.15) is 12.8 Å². The largest absolute Gasteiger partial charge is 0.388 e. The van der Waals surface area contributed by atoms with E-state index in [1.54, 1.807) is 0 Å². The van der Waals surface area contributed by atoms with Gasteiger partial charge in [-0.3, -0.25) is 0 Å². The Bertz CT molecular complexity index is 345. The number of rotatable bonds is 2. The highest BCUT2D eigenvalue weighted by atomic mass is 79.9. The molecule has 1 aromatic carbocycles. The van der Waals surface area contributed by atoms with Gasteiger partial charge in [-0.25, -0.2) is 0 Å². The highest BCUT2D eigenvalue weighted by Crippen LogP contribution is 2.26. The van der Waals surface area contributed by atoms with Crippen molar-refractivity contribution in [2.45, 2.75) is 18.4 Å². The summed E-state index contributed by atoms with van der Waals surface area (Å²) in [6.45, 7) is 2.10. The smallest absolute Gasteiger partial charge is 0.0803 e. The van der Waals surface area contributed by atoms with Crippen LogP contribution in [-0.4, -0.2) is 30.3 Å². The lowest BCUT2D eigenvalue weighted by molar-refractivity contribution is 0.0250. The highest BCUT2D eigenvalue weighted by molar-refractivity contribution is 9.10. The lowest BCUT2D eigenvalue weighted by atomic mass is 9.91. The molecular formula is C12H17BrN2O. The van der Waals surface area contributed by atoms with Crippen LogP contribution in [0.25, 0.3) is 0 Å². The van der Waals surface area contributed by atoms with Gasteiger partial charge >= 0.3 is 0 Å². The van der Waals surface area contributed by atoms with Crippen molar-refractivity contribution in [3.05, 3.63) is 28.7 Å². The molecule has 4 heteroatoms. The summed E-state index contributed by atoms with van der Waals surface area (Å²) in [7, 11) is 0. The number of anilines is 1. The first kappa shape index (κ1) is 11.9. The van der Waals surface area contributed by atoms with Gasteiger partial charge in [-0.15, -0.1) is 0 Å². The van der Waals surface area contributed by atoms with E-state index in [9.17, 15) is 5.11 Å². The predicted octanol–water partition coefficient (Wildman–Crippen LogP) is 1.74. The molecule has 1 heterocycles. The fraction of sp³-hybridized carbons (Fsp3) is 0.500. The molecule has 0 amide bonds. The van der Waals surface area contributed by atoms with Crippen molar-refractivity contribution in [2.24, 2.45) is 5.73 Å². The Morgan fingerprint density at radius 1 is 1.25 bits per heavy atom. The molecule has 0 bridgehead atoms. The first-order valence-corrected chi connectivity index (χ1v) is 6.35. The van der Waals surface area contributed by atoms with Crippen molar-refractivity contribution in [1.29, 1.82) is 0 Å². The van der Waals surface area contributed by atoms with Gasteiger partial charge in [0.1, 0.15) is 0 Å². The fourth-order valence-corrected chi connectivity index (χ4v) is 2.30. The summed E-state index contributed by atoms with van der Waals surface area (Å²) in [5.74, 6) is 0. The Hall–Kier alpha value is -0.580. The molecule has 0 spiro atoms. The molecule has 3 N–H and O–H groups in total. The van der Waals surface area contributed by atoms with Crippen LogP contribution in [0, 0.1) is 0 Å². The van der Waals surface area contributed by atoms with Gasteiger partial charge in [-0.05, 0) is 37.1 Å². The second kappa shape index (κ2) is 4.73. The zero-order valence-electron chi connectivity index (χ0n) is 9.19. The maximum atomic E-state index is 10.0. The summed E-state index contributed by atoms with van der Waals surface area (Å²) in [6, 6.07) is 8.27. The maximum absolute atomic E-state index is 10.0. The molecule has 0 atom stereocenters. The number of benzene rings is 1. The summed E-state index contributed by atoms with van der Waals surface area (Å²) < 4.78 is 1.09. The van der Waals surface area contributed by atoms with Gasteiger partial charge in [0, 0.05) is 29.8 Å². The van der Waals surface area contributed by atoms with E-state index in [4.69, 9.17) is 5.73 Å². The average molecular weight is 285 g/mol. The van der Waals surface area contributed by atoms with E-state index in [1.165, 1.54) is 5.69 Å². The number of hydrogen-bond acceptors (Lipinski definition) is 3. The Balaban J connectivity index is 2.01. The van der Waals surface area contributed by atoms with Gasteiger partial charge in [0.15, 0.2) is 0 Å². The predicted molar refractivity (Wildman–Crippen MR) is 69.6 cm³/mol. The summed E-state index contributed by atoms with van der Waals surface area (Å²) >= 11 is 3.42. The van der Waals surface area contributed by atoms with Crippen LogP contribution in [0.15, 0.2) is 28.7 Å². The molecule has 16 heavy (non-hydrogen) atoms. The normalized spacial score (nSPS) is 19.8. The minimum atomic E-state index is -0.647. The number of piperidine rings is 1. The molecule has 1 fully saturated rings. The van der Waals surface area contributed by atoms with Gasteiger partial charge in [0.25, 0.3) is 0 Å². The van der Waals surface area contributed by atoms with E-state index < -0.39 is 5.60 Å². The number of halogens is 1. The number of nitrogens with two attached hydrogens (primary N) is 1. The molecule has 3 nitrogen and oxygen atoms in total. The Morgan fingerprint density at radius 2 is 1.81 bits per heavy atom. The Kier molecular flexibility index (Phi) is 3.52. The summed E-state index contributed by atoms with van der Waals surface area (Å²) in [6.07, 6.45) is 1.50. The minimum Gasteiger partial charge on any atom is -0.388 e. The maximum Gasteiger partial charge on any atom is 0.0803 e. The zero-order valence-corrected chi connectivity index (χ0v) is 10.8. The SMILES string of the molecule is NCC1(O)CCN(c2ccc(Br)cc2)CC1. The quantitative estimate of drug-likeness (QED) is 0.870. The second-order valence-electron chi connectivity index (χ2n) is 4.39. The van der Waals surface area contributed by atoms with Crippen LogP contribution >= 0.6 is 15.9 Å². The zero-order chi connectivity index (χ0) is 11.6. The molecule has 1 aliphatic heterocycles. The van der Waals surface area contributed by atoms with E-state index >= 15 is 0 Å². The van der Waals surface area contributed by atoms with Crippen LogP contribution in [-0.2, 0) is 0 Å². The van der Waals surface area contributed by atoms with E-state index in [1.807, 2.05) is 12.1 Å². The Morgan fingerprint density at radius 3 is 2.31 bits per heavy atom. The Labute approximate surface area is 104 Å².